The number of hydrogen-bond donors (Lipinski definition) is 2. The van der Waals surface area contributed by atoms with Crippen molar-refractivity contribution in [2.75, 3.05) is 24.7 Å². The van der Waals surface area contributed by atoms with Crippen molar-refractivity contribution in [1.82, 2.24) is 4.72 Å². The van der Waals surface area contributed by atoms with Crippen LogP contribution in [-0.4, -0.2) is 42.4 Å². The van der Waals surface area contributed by atoms with E-state index in [0.717, 1.165) is 0 Å². The fraction of sp³-hybridized carbons (Fsp3) is 0.385. The topological polar surface area (TPSA) is 83.5 Å². The Morgan fingerprint density at radius 3 is 2.71 bits per heavy atom. The summed E-state index contributed by atoms with van der Waals surface area (Å²) in [5.74, 6) is 5.83. The Balaban J connectivity index is 2.86. The molecule has 2 N–H and O–H groups in total. The number of sulfonamides is 1. The van der Waals surface area contributed by atoms with Crippen LogP contribution in [0.15, 0.2) is 23.1 Å². The van der Waals surface area contributed by atoms with Crippen molar-refractivity contribution >= 4 is 32.4 Å². The SMILES string of the molecule is CCS(=O)CCNS(=O)(=O)c1ccc(C#CCO)cc1Cl. The zero-order valence-electron chi connectivity index (χ0n) is 11.4. The van der Waals surface area contributed by atoms with Crippen LogP contribution in [0.25, 0.3) is 0 Å². The first-order chi connectivity index (χ1) is 9.90. The molecule has 0 saturated carbocycles. The molecule has 0 amide bonds. The maximum absolute atomic E-state index is 12.1. The van der Waals surface area contributed by atoms with Gasteiger partial charge < -0.3 is 5.11 Å². The molecule has 0 heterocycles. The van der Waals surface area contributed by atoms with Gasteiger partial charge in [0.1, 0.15) is 11.5 Å². The van der Waals surface area contributed by atoms with Gasteiger partial charge in [-0.25, -0.2) is 13.1 Å². The minimum atomic E-state index is -3.75. The average molecular weight is 350 g/mol. The van der Waals surface area contributed by atoms with Gasteiger partial charge in [0.15, 0.2) is 0 Å². The molecular formula is C13H16ClNO4S2. The first kappa shape index (κ1) is 18.1. The molecule has 1 aromatic carbocycles. The van der Waals surface area contributed by atoms with E-state index in [1.54, 1.807) is 6.92 Å². The summed E-state index contributed by atoms with van der Waals surface area (Å²) in [4.78, 5) is -0.0546. The van der Waals surface area contributed by atoms with Crippen molar-refractivity contribution in [1.29, 1.82) is 0 Å². The zero-order chi connectivity index (χ0) is 15.9. The first-order valence-electron chi connectivity index (χ1n) is 6.14. The average Bonchev–Trinajstić information content (AvgIpc) is 2.44. The summed E-state index contributed by atoms with van der Waals surface area (Å²) >= 11 is 5.95. The maximum atomic E-state index is 12.1. The van der Waals surface area contributed by atoms with E-state index >= 15 is 0 Å². The van der Waals surface area contributed by atoms with Crippen LogP contribution in [0.5, 0.6) is 0 Å². The fourth-order valence-corrected chi connectivity index (χ4v) is 3.77. The van der Waals surface area contributed by atoms with Crippen LogP contribution >= 0.6 is 11.6 Å². The first-order valence-corrected chi connectivity index (χ1v) is 9.49. The molecule has 0 saturated heterocycles. The standard InChI is InChI=1S/C13H16ClNO4S2/c1-2-20(17)9-7-15-21(18,19)13-6-5-11(4-3-8-16)10-12(13)14/h5-6,10,15-16H,2,7-9H2,1H3. The van der Waals surface area contributed by atoms with Crippen LogP contribution < -0.4 is 4.72 Å². The normalized spacial score (nSPS) is 12.5. The van der Waals surface area contributed by atoms with Gasteiger partial charge in [-0.15, -0.1) is 0 Å². The molecule has 5 nitrogen and oxygen atoms in total. The Morgan fingerprint density at radius 2 is 2.14 bits per heavy atom. The molecule has 1 unspecified atom stereocenters. The fourth-order valence-electron chi connectivity index (χ4n) is 1.45. The van der Waals surface area contributed by atoms with Gasteiger partial charge in [-0.05, 0) is 18.2 Å². The zero-order valence-corrected chi connectivity index (χ0v) is 13.8. The van der Waals surface area contributed by atoms with Gasteiger partial charge in [-0.1, -0.05) is 30.4 Å². The van der Waals surface area contributed by atoms with Crippen LogP contribution in [0.1, 0.15) is 12.5 Å². The predicted octanol–water partition coefficient (Wildman–Crippen LogP) is 0.731. The molecule has 1 aromatic rings. The predicted molar refractivity (Wildman–Crippen MR) is 84.2 cm³/mol. The third-order valence-electron chi connectivity index (χ3n) is 2.48. The molecule has 0 aromatic heterocycles. The van der Waals surface area contributed by atoms with Crippen LogP contribution in [0.3, 0.4) is 0 Å². The summed E-state index contributed by atoms with van der Waals surface area (Å²) in [5.41, 5.74) is 0.514. The second kappa shape index (κ2) is 8.51. The molecule has 0 aliphatic carbocycles. The third kappa shape index (κ3) is 5.77. The second-order valence-corrected chi connectivity index (χ2v) is 7.94. The van der Waals surface area contributed by atoms with Crippen LogP contribution in [0.2, 0.25) is 5.02 Å². The number of halogens is 1. The Kier molecular flexibility index (Phi) is 7.35. The molecule has 116 valence electrons. The molecule has 1 rings (SSSR count). The van der Waals surface area contributed by atoms with Gasteiger partial charge in [0.2, 0.25) is 10.0 Å². The highest BCUT2D eigenvalue weighted by Gasteiger charge is 2.17. The van der Waals surface area contributed by atoms with Gasteiger partial charge in [-0.2, -0.15) is 0 Å². The van der Waals surface area contributed by atoms with Gasteiger partial charge in [-0.3, -0.25) is 4.21 Å². The Labute approximate surface area is 132 Å². The lowest BCUT2D eigenvalue weighted by Crippen LogP contribution is -2.28. The molecule has 1 atom stereocenters. The summed E-state index contributed by atoms with van der Waals surface area (Å²) in [6.45, 7) is 1.58. The van der Waals surface area contributed by atoms with Crippen molar-refractivity contribution in [3.63, 3.8) is 0 Å². The monoisotopic (exact) mass is 349 g/mol. The Hall–Kier alpha value is -0.910. The van der Waals surface area contributed by atoms with Crippen LogP contribution in [0, 0.1) is 11.8 Å². The van der Waals surface area contributed by atoms with E-state index in [9.17, 15) is 12.6 Å². The van der Waals surface area contributed by atoms with E-state index in [4.69, 9.17) is 16.7 Å². The summed E-state index contributed by atoms with van der Waals surface area (Å²) in [6, 6.07) is 4.28. The summed E-state index contributed by atoms with van der Waals surface area (Å²) < 4.78 is 37.8. The second-order valence-electron chi connectivity index (χ2n) is 3.94. The lowest BCUT2D eigenvalue weighted by molar-refractivity contribution is 0.350. The van der Waals surface area contributed by atoms with Crippen molar-refractivity contribution < 1.29 is 17.7 Å². The number of rotatable bonds is 6. The number of benzene rings is 1. The lowest BCUT2D eigenvalue weighted by atomic mass is 10.2. The summed E-state index contributed by atoms with van der Waals surface area (Å²) in [5, 5.41) is 8.65. The minimum Gasteiger partial charge on any atom is -0.384 e. The highest BCUT2D eigenvalue weighted by atomic mass is 35.5. The molecule has 0 radical (unpaired) electrons. The molecule has 21 heavy (non-hydrogen) atoms. The summed E-state index contributed by atoms with van der Waals surface area (Å²) in [6.07, 6.45) is 0. The van der Waals surface area contributed by atoms with E-state index in [2.05, 4.69) is 16.6 Å². The van der Waals surface area contributed by atoms with E-state index in [1.807, 2.05) is 0 Å². The van der Waals surface area contributed by atoms with Crippen molar-refractivity contribution in [2.24, 2.45) is 0 Å². The molecule has 0 aliphatic rings. The number of aliphatic hydroxyl groups is 1. The largest absolute Gasteiger partial charge is 0.384 e. The number of aliphatic hydroxyl groups excluding tert-OH is 1. The highest BCUT2D eigenvalue weighted by Crippen LogP contribution is 2.22. The molecular weight excluding hydrogens is 334 g/mol. The molecule has 8 heteroatoms. The Morgan fingerprint density at radius 1 is 1.43 bits per heavy atom. The Bertz CT molecular complexity index is 677. The van der Waals surface area contributed by atoms with E-state index in [-0.39, 0.29) is 28.8 Å². The minimum absolute atomic E-state index is 0.0452. The van der Waals surface area contributed by atoms with Crippen LogP contribution in [-0.2, 0) is 20.8 Å². The maximum Gasteiger partial charge on any atom is 0.242 e. The molecule has 0 bridgehead atoms. The molecule has 0 fully saturated rings. The number of nitrogens with one attached hydrogen (secondary N) is 1. The van der Waals surface area contributed by atoms with Crippen molar-refractivity contribution in [3.05, 3.63) is 28.8 Å². The van der Waals surface area contributed by atoms with E-state index in [1.165, 1.54) is 18.2 Å². The van der Waals surface area contributed by atoms with Crippen LogP contribution in [0.4, 0.5) is 0 Å². The molecule has 0 aliphatic heterocycles. The van der Waals surface area contributed by atoms with Gasteiger partial charge in [0.05, 0.1) is 5.02 Å². The smallest absolute Gasteiger partial charge is 0.242 e. The number of hydrogen-bond acceptors (Lipinski definition) is 4. The van der Waals surface area contributed by atoms with E-state index < -0.39 is 20.8 Å². The van der Waals surface area contributed by atoms with Gasteiger partial charge >= 0.3 is 0 Å². The van der Waals surface area contributed by atoms with Gasteiger partial charge in [0.25, 0.3) is 0 Å². The van der Waals surface area contributed by atoms with Gasteiger partial charge in [0, 0.05) is 34.4 Å². The molecule has 0 spiro atoms. The third-order valence-corrected chi connectivity index (χ3v) is 5.72. The highest BCUT2D eigenvalue weighted by molar-refractivity contribution is 7.89. The van der Waals surface area contributed by atoms with E-state index in [0.29, 0.717) is 11.3 Å². The lowest BCUT2D eigenvalue weighted by Gasteiger charge is -2.08. The van der Waals surface area contributed by atoms with Crippen molar-refractivity contribution in [2.45, 2.75) is 11.8 Å². The summed E-state index contributed by atoms with van der Waals surface area (Å²) in [7, 11) is -4.78. The quantitative estimate of drug-likeness (QED) is 0.742. The van der Waals surface area contributed by atoms with Crippen molar-refractivity contribution in [3.8, 4) is 11.8 Å².